The summed E-state index contributed by atoms with van der Waals surface area (Å²) in [5.41, 5.74) is 0.979. The van der Waals surface area contributed by atoms with E-state index >= 15 is 0 Å². The van der Waals surface area contributed by atoms with Gasteiger partial charge in [0.25, 0.3) is 0 Å². The van der Waals surface area contributed by atoms with Crippen molar-refractivity contribution in [3.8, 4) is 0 Å². The van der Waals surface area contributed by atoms with Crippen molar-refractivity contribution in [2.24, 2.45) is 0 Å². The molecule has 0 fully saturated rings. The molecule has 7 nitrogen and oxygen atoms in total. The summed E-state index contributed by atoms with van der Waals surface area (Å²) in [5.74, 6) is -1.69. The first-order valence-electron chi connectivity index (χ1n) is 12.8. The fourth-order valence-electron chi connectivity index (χ4n) is 4.14. The summed E-state index contributed by atoms with van der Waals surface area (Å²) in [7, 11) is -4.02. The number of halogens is 3. The molecule has 0 aliphatic heterocycles. The fraction of sp³-hybridized carbons (Fsp3) is 0.310. The summed E-state index contributed by atoms with van der Waals surface area (Å²) in [6, 6.07) is 18.3. The molecule has 1 atom stereocenters. The van der Waals surface area contributed by atoms with E-state index in [4.69, 9.17) is 23.2 Å². The van der Waals surface area contributed by atoms with Crippen molar-refractivity contribution < 1.29 is 22.4 Å². The van der Waals surface area contributed by atoms with Gasteiger partial charge in [-0.3, -0.25) is 13.9 Å². The van der Waals surface area contributed by atoms with Crippen LogP contribution in [0, 0.1) is 5.82 Å². The number of rotatable bonds is 13. The number of nitrogens with zero attached hydrogens (tertiary/aromatic N) is 2. The minimum absolute atomic E-state index is 0.0165. The quantitative estimate of drug-likeness (QED) is 0.262. The van der Waals surface area contributed by atoms with E-state index < -0.39 is 40.2 Å². The second-order valence-corrected chi connectivity index (χ2v) is 12.1. The predicted octanol–water partition coefficient (Wildman–Crippen LogP) is 5.45. The molecule has 214 valence electrons. The normalized spacial score (nSPS) is 12.0. The van der Waals surface area contributed by atoms with Gasteiger partial charge < -0.3 is 10.2 Å². The van der Waals surface area contributed by atoms with Crippen LogP contribution in [0.5, 0.6) is 0 Å². The molecule has 1 unspecified atom stereocenters. The molecule has 1 N–H and O–H groups in total. The van der Waals surface area contributed by atoms with Crippen LogP contribution in [0.25, 0.3) is 0 Å². The molecule has 0 saturated carbocycles. The van der Waals surface area contributed by atoms with Crippen molar-refractivity contribution in [1.82, 2.24) is 10.2 Å². The van der Waals surface area contributed by atoms with E-state index in [1.807, 2.05) is 37.3 Å². The van der Waals surface area contributed by atoms with Gasteiger partial charge >= 0.3 is 0 Å². The third-order valence-corrected chi connectivity index (χ3v) is 7.94. The number of amides is 2. The number of sulfonamides is 1. The molecule has 11 heteroatoms. The molecule has 3 aromatic carbocycles. The molecule has 0 spiro atoms. The van der Waals surface area contributed by atoms with E-state index in [2.05, 4.69) is 5.32 Å². The minimum Gasteiger partial charge on any atom is -0.354 e. The zero-order chi connectivity index (χ0) is 29.3. The van der Waals surface area contributed by atoms with Crippen LogP contribution in [0.15, 0.2) is 72.8 Å². The van der Waals surface area contributed by atoms with Gasteiger partial charge in [-0.2, -0.15) is 0 Å². The van der Waals surface area contributed by atoms with Gasteiger partial charge in [-0.1, -0.05) is 85.1 Å². The van der Waals surface area contributed by atoms with Crippen molar-refractivity contribution in [3.63, 3.8) is 0 Å². The van der Waals surface area contributed by atoms with Crippen molar-refractivity contribution >= 4 is 50.7 Å². The topological polar surface area (TPSA) is 86.8 Å². The first-order valence-corrected chi connectivity index (χ1v) is 15.4. The number of benzene rings is 3. The highest BCUT2D eigenvalue weighted by atomic mass is 35.5. The summed E-state index contributed by atoms with van der Waals surface area (Å²) in [5, 5.41) is 3.17. The highest BCUT2D eigenvalue weighted by Crippen LogP contribution is 2.31. The van der Waals surface area contributed by atoms with Crippen LogP contribution in [-0.2, 0) is 32.6 Å². The number of hydrogen-bond acceptors (Lipinski definition) is 4. The fourth-order valence-corrected chi connectivity index (χ4v) is 5.43. The smallest absolute Gasteiger partial charge is 0.244 e. The molecule has 0 heterocycles. The van der Waals surface area contributed by atoms with E-state index in [0.717, 1.165) is 29.0 Å². The number of carbonyl (C=O) groups is 2. The number of hydrogen-bond donors (Lipinski definition) is 1. The molecule has 0 aromatic heterocycles. The van der Waals surface area contributed by atoms with E-state index in [1.165, 1.54) is 41.3 Å². The molecule has 0 aliphatic rings. The number of carbonyl (C=O) groups excluding carboxylic acids is 2. The van der Waals surface area contributed by atoms with Crippen LogP contribution in [0.2, 0.25) is 10.0 Å². The van der Waals surface area contributed by atoms with Gasteiger partial charge in [-0.25, -0.2) is 12.8 Å². The van der Waals surface area contributed by atoms with Gasteiger partial charge in [0.15, 0.2) is 0 Å². The summed E-state index contributed by atoms with van der Waals surface area (Å²) in [4.78, 5) is 28.7. The number of nitrogens with one attached hydrogen (secondary N) is 1. The maximum absolute atomic E-state index is 14.8. The maximum Gasteiger partial charge on any atom is 0.244 e. The highest BCUT2D eigenvalue weighted by Gasteiger charge is 2.33. The first kappa shape index (κ1) is 31.4. The molecule has 3 aromatic rings. The first-order chi connectivity index (χ1) is 19.0. The van der Waals surface area contributed by atoms with Crippen LogP contribution in [0.3, 0.4) is 0 Å². The van der Waals surface area contributed by atoms with E-state index in [1.54, 1.807) is 6.07 Å². The number of anilines is 1. The van der Waals surface area contributed by atoms with Crippen LogP contribution in [-0.4, -0.2) is 50.5 Å². The van der Waals surface area contributed by atoms with Gasteiger partial charge in [0.2, 0.25) is 21.8 Å². The largest absolute Gasteiger partial charge is 0.354 e. The second-order valence-electron chi connectivity index (χ2n) is 9.33. The lowest BCUT2D eigenvalue weighted by molar-refractivity contribution is -0.140. The van der Waals surface area contributed by atoms with Gasteiger partial charge in [-0.15, -0.1) is 0 Å². The third-order valence-electron chi connectivity index (χ3n) is 6.26. The molecule has 3 rings (SSSR count). The lowest BCUT2D eigenvalue weighted by atomic mass is 10.0. The maximum atomic E-state index is 14.8. The molecule has 2 amide bonds. The van der Waals surface area contributed by atoms with Crippen LogP contribution >= 0.6 is 23.2 Å². The average molecular weight is 609 g/mol. The molecule has 0 saturated heterocycles. The zero-order valence-corrected chi connectivity index (χ0v) is 24.6. The van der Waals surface area contributed by atoms with Crippen LogP contribution in [0.4, 0.5) is 10.1 Å². The van der Waals surface area contributed by atoms with Crippen molar-refractivity contribution in [3.05, 3.63) is 99.8 Å². The van der Waals surface area contributed by atoms with Crippen LogP contribution in [0.1, 0.15) is 30.9 Å². The Hall–Kier alpha value is -3.14. The van der Waals surface area contributed by atoms with Crippen molar-refractivity contribution in [2.75, 3.05) is 23.7 Å². The average Bonchev–Trinajstić information content (AvgIpc) is 2.91. The monoisotopic (exact) mass is 607 g/mol. The van der Waals surface area contributed by atoms with Crippen molar-refractivity contribution in [2.45, 2.75) is 38.8 Å². The predicted molar refractivity (Wildman–Crippen MR) is 157 cm³/mol. The Morgan fingerprint density at radius 1 is 1.00 bits per heavy atom. The Labute approximate surface area is 244 Å². The lowest BCUT2D eigenvalue weighted by Gasteiger charge is -2.33. The van der Waals surface area contributed by atoms with E-state index in [0.29, 0.717) is 6.54 Å². The van der Waals surface area contributed by atoms with Gasteiger partial charge in [-0.05, 0) is 36.2 Å². The minimum atomic E-state index is -4.02. The van der Waals surface area contributed by atoms with Crippen molar-refractivity contribution in [1.29, 1.82) is 0 Å². The van der Waals surface area contributed by atoms with Crippen LogP contribution < -0.4 is 9.62 Å². The highest BCUT2D eigenvalue weighted by molar-refractivity contribution is 7.92. The number of unbranched alkanes of at least 4 members (excludes halogenated alkanes) is 1. The molecule has 40 heavy (non-hydrogen) atoms. The molecule has 0 aliphatic carbocycles. The van der Waals surface area contributed by atoms with E-state index in [-0.39, 0.29) is 34.3 Å². The lowest BCUT2D eigenvalue weighted by Crippen LogP contribution is -2.53. The molecular weight excluding hydrogens is 576 g/mol. The Morgan fingerprint density at radius 2 is 1.68 bits per heavy atom. The third kappa shape index (κ3) is 8.68. The summed E-state index contributed by atoms with van der Waals surface area (Å²) < 4.78 is 41.3. The standard InChI is InChI=1S/C29H32Cl2FN3O4S/c1-3-4-16-33-29(37)27(17-21-10-6-5-7-11-21)34(19-22-12-8-9-13-25(22)32)28(36)20-35(40(2,38)39)26-18-23(30)14-15-24(26)31/h5-15,18,27H,3-4,16-17,19-20H2,1-2H3,(H,33,37). The van der Waals surface area contributed by atoms with Gasteiger partial charge in [0.05, 0.1) is 17.0 Å². The SMILES string of the molecule is CCCCNC(=O)C(Cc1ccccc1)N(Cc1ccccc1F)C(=O)CN(c1cc(Cl)ccc1Cl)S(C)(=O)=O. The zero-order valence-electron chi connectivity index (χ0n) is 22.3. The molecular formula is C29H32Cl2FN3O4S. The Morgan fingerprint density at radius 3 is 2.33 bits per heavy atom. The Balaban J connectivity index is 2.07. The summed E-state index contributed by atoms with van der Waals surface area (Å²) in [6.07, 6.45) is 2.67. The molecule has 0 radical (unpaired) electrons. The van der Waals surface area contributed by atoms with E-state index in [9.17, 15) is 22.4 Å². The second kappa shape index (κ2) is 14.5. The Bertz CT molecular complexity index is 1420. The summed E-state index contributed by atoms with van der Waals surface area (Å²) >= 11 is 12.4. The summed E-state index contributed by atoms with van der Waals surface area (Å²) in [6.45, 7) is 1.45. The van der Waals surface area contributed by atoms with Gasteiger partial charge in [0, 0.05) is 30.1 Å². The molecule has 0 bridgehead atoms. The van der Waals surface area contributed by atoms with Gasteiger partial charge in [0.1, 0.15) is 18.4 Å². The Kier molecular flexibility index (Phi) is 11.4.